The maximum Gasteiger partial charge on any atom is 0.306 e. The third-order valence-electron chi connectivity index (χ3n) is 15.5. The zero-order chi connectivity index (χ0) is 57.1. The number of ether oxygens (including phenoxy) is 3. The lowest BCUT2D eigenvalue weighted by molar-refractivity contribution is -0.167. The normalized spacial score (nSPS) is 12.4. The highest BCUT2D eigenvalue weighted by atomic mass is 16.6. The lowest BCUT2D eigenvalue weighted by atomic mass is 10.0. The molecular formula is C73H132O6. The number of hydrogen-bond donors (Lipinski definition) is 0. The van der Waals surface area contributed by atoms with Crippen molar-refractivity contribution in [1.82, 2.24) is 0 Å². The van der Waals surface area contributed by atoms with Crippen LogP contribution in [0.5, 0.6) is 0 Å². The van der Waals surface area contributed by atoms with Crippen molar-refractivity contribution in [2.24, 2.45) is 0 Å². The molecule has 0 radical (unpaired) electrons. The minimum atomic E-state index is -0.781. The fraction of sp³-hybridized carbons (Fsp3) is 0.822. The topological polar surface area (TPSA) is 78.9 Å². The summed E-state index contributed by atoms with van der Waals surface area (Å²) in [5.74, 6) is -0.864. The van der Waals surface area contributed by atoms with Gasteiger partial charge >= 0.3 is 17.9 Å². The van der Waals surface area contributed by atoms with E-state index in [1.165, 1.54) is 238 Å². The second-order valence-corrected chi connectivity index (χ2v) is 23.4. The second kappa shape index (κ2) is 67.6. The summed E-state index contributed by atoms with van der Waals surface area (Å²) in [7, 11) is 0. The Labute approximate surface area is 491 Å². The van der Waals surface area contributed by atoms with Gasteiger partial charge in [0.1, 0.15) is 13.2 Å². The summed E-state index contributed by atoms with van der Waals surface area (Å²) in [6.07, 6.45) is 86.7. The van der Waals surface area contributed by atoms with E-state index in [-0.39, 0.29) is 31.1 Å². The highest BCUT2D eigenvalue weighted by Gasteiger charge is 2.19. The minimum Gasteiger partial charge on any atom is -0.462 e. The van der Waals surface area contributed by atoms with Gasteiger partial charge in [0, 0.05) is 19.3 Å². The number of hydrogen-bond acceptors (Lipinski definition) is 6. The molecule has 0 aliphatic rings. The molecular weight excluding hydrogens is 973 g/mol. The molecule has 0 saturated heterocycles. The zero-order valence-electron chi connectivity index (χ0n) is 52.9. The van der Waals surface area contributed by atoms with Gasteiger partial charge < -0.3 is 14.2 Å². The molecule has 0 saturated carbocycles. The molecule has 0 aromatic carbocycles. The van der Waals surface area contributed by atoms with Gasteiger partial charge in [-0.25, -0.2) is 0 Å². The van der Waals surface area contributed by atoms with Crippen molar-refractivity contribution in [3.05, 3.63) is 60.8 Å². The molecule has 0 bridgehead atoms. The van der Waals surface area contributed by atoms with Crippen molar-refractivity contribution in [3.8, 4) is 0 Å². The fourth-order valence-corrected chi connectivity index (χ4v) is 10.3. The summed E-state index contributed by atoms with van der Waals surface area (Å²) in [5, 5.41) is 0. The van der Waals surface area contributed by atoms with Crippen LogP contribution in [-0.4, -0.2) is 37.2 Å². The monoisotopic (exact) mass is 1110 g/mol. The predicted molar refractivity (Wildman–Crippen MR) is 344 cm³/mol. The van der Waals surface area contributed by atoms with Crippen molar-refractivity contribution in [2.75, 3.05) is 13.2 Å². The van der Waals surface area contributed by atoms with E-state index in [1.807, 2.05) is 0 Å². The van der Waals surface area contributed by atoms with Gasteiger partial charge in [-0.15, -0.1) is 0 Å². The molecule has 0 aromatic rings. The molecule has 0 heterocycles. The van der Waals surface area contributed by atoms with Crippen molar-refractivity contribution in [2.45, 2.75) is 374 Å². The summed E-state index contributed by atoms with van der Waals surface area (Å²) >= 11 is 0. The first-order chi connectivity index (χ1) is 39.0. The van der Waals surface area contributed by atoms with Crippen LogP contribution in [0.25, 0.3) is 0 Å². The van der Waals surface area contributed by atoms with Crippen LogP contribution in [0.4, 0.5) is 0 Å². The van der Waals surface area contributed by atoms with Gasteiger partial charge in [-0.05, 0) is 83.5 Å². The SMILES string of the molecule is CC/C=C\C/C=C\C/C=C\C/C=C\CCCCCCCCCCC(=O)OC(COC(=O)CCCCCCCCC/C=C\CCCCCCCC)COC(=O)CCCCCCCCCCCCCCCCCCCCCCCCC. The highest BCUT2D eigenvalue weighted by molar-refractivity contribution is 5.71. The first-order valence-electron chi connectivity index (χ1n) is 34.8. The lowest BCUT2D eigenvalue weighted by Gasteiger charge is -2.18. The molecule has 6 nitrogen and oxygen atoms in total. The van der Waals surface area contributed by atoms with Gasteiger partial charge in [0.25, 0.3) is 0 Å². The van der Waals surface area contributed by atoms with Crippen LogP contribution in [0.15, 0.2) is 60.8 Å². The molecule has 0 N–H and O–H groups in total. The molecule has 6 heteroatoms. The second-order valence-electron chi connectivity index (χ2n) is 23.4. The van der Waals surface area contributed by atoms with Crippen LogP contribution in [0.1, 0.15) is 367 Å². The molecule has 0 amide bonds. The minimum absolute atomic E-state index is 0.0750. The molecule has 460 valence electrons. The predicted octanol–water partition coefficient (Wildman–Crippen LogP) is 23.9. The molecule has 0 aliphatic carbocycles. The first kappa shape index (κ1) is 76.1. The Kier molecular flexibility index (Phi) is 65.1. The van der Waals surface area contributed by atoms with E-state index in [1.54, 1.807) is 0 Å². The van der Waals surface area contributed by atoms with E-state index >= 15 is 0 Å². The molecule has 0 aliphatic heterocycles. The third-order valence-corrected chi connectivity index (χ3v) is 15.5. The number of unbranched alkanes of at least 4 members (excludes halogenated alkanes) is 43. The van der Waals surface area contributed by atoms with Gasteiger partial charge in [0.15, 0.2) is 6.10 Å². The summed E-state index contributed by atoms with van der Waals surface area (Å²) in [4.78, 5) is 38.5. The molecule has 0 fully saturated rings. The number of esters is 3. The van der Waals surface area contributed by atoms with Gasteiger partial charge in [-0.3, -0.25) is 14.4 Å². The third kappa shape index (κ3) is 65.8. The maximum absolute atomic E-state index is 13.0. The van der Waals surface area contributed by atoms with Crippen LogP contribution in [0.2, 0.25) is 0 Å². The van der Waals surface area contributed by atoms with Gasteiger partial charge in [-0.1, -0.05) is 326 Å². The van der Waals surface area contributed by atoms with Crippen LogP contribution in [0.3, 0.4) is 0 Å². The highest BCUT2D eigenvalue weighted by Crippen LogP contribution is 2.18. The Bertz CT molecular complexity index is 1410. The van der Waals surface area contributed by atoms with Crippen molar-refractivity contribution in [3.63, 3.8) is 0 Å². The Hall–Kier alpha value is -2.89. The van der Waals surface area contributed by atoms with Gasteiger partial charge in [-0.2, -0.15) is 0 Å². The number of carbonyl (C=O) groups is 3. The average Bonchev–Trinajstić information content (AvgIpc) is 3.45. The Balaban J connectivity index is 4.33. The number of allylic oxidation sites excluding steroid dienone is 10. The molecule has 0 spiro atoms. The Morgan fingerprint density at radius 2 is 0.494 bits per heavy atom. The van der Waals surface area contributed by atoms with E-state index in [2.05, 4.69) is 81.5 Å². The summed E-state index contributed by atoms with van der Waals surface area (Å²) in [6.45, 7) is 6.58. The Morgan fingerprint density at radius 1 is 0.266 bits per heavy atom. The molecule has 0 aromatic heterocycles. The number of carbonyl (C=O) groups excluding carboxylic acids is 3. The van der Waals surface area contributed by atoms with E-state index in [4.69, 9.17) is 14.2 Å². The largest absolute Gasteiger partial charge is 0.462 e. The van der Waals surface area contributed by atoms with Gasteiger partial charge in [0.2, 0.25) is 0 Å². The molecule has 0 rings (SSSR count). The molecule has 1 unspecified atom stereocenters. The van der Waals surface area contributed by atoms with Gasteiger partial charge in [0.05, 0.1) is 0 Å². The van der Waals surface area contributed by atoms with Crippen molar-refractivity contribution < 1.29 is 28.6 Å². The summed E-state index contributed by atoms with van der Waals surface area (Å²) < 4.78 is 17.0. The van der Waals surface area contributed by atoms with Crippen molar-refractivity contribution >= 4 is 17.9 Å². The average molecular weight is 1110 g/mol. The van der Waals surface area contributed by atoms with Crippen LogP contribution in [0, 0.1) is 0 Å². The number of rotatable bonds is 64. The first-order valence-corrected chi connectivity index (χ1v) is 34.8. The summed E-state index contributed by atoms with van der Waals surface area (Å²) in [5.41, 5.74) is 0. The van der Waals surface area contributed by atoms with E-state index in [0.29, 0.717) is 19.3 Å². The molecule has 79 heavy (non-hydrogen) atoms. The zero-order valence-corrected chi connectivity index (χ0v) is 52.9. The van der Waals surface area contributed by atoms with E-state index in [0.717, 1.165) is 89.9 Å². The quantitative estimate of drug-likeness (QED) is 0.0261. The Morgan fingerprint density at radius 3 is 0.785 bits per heavy atom. The molecule has 1 atom stereocenters. The van der Waals surface area contributed by atoms with E-state index < -0.39 is 6.10 Å². The van der Waals surface area contributed by atoms with E-state index in [9.17, 15) is 14.4 Å². The van der Waals surface area contributed by atoms with Crippen LogP contribution >= 0.6 is 0 Å². The standard InChI is InChI=1S/C73H132O6/c1-4-7-10-13-16-19-22-25-28-31-33-35-36-38-39-42-45-48-51-54-57-60-63-66-72(75)78-69-70(68-77-71(74)65-62-59-56-53-50-47-44-41-30-27-24-21-18-15-12-9-6-3)79-73(76)67-64-61-58-55-52-49-46-43-40-37-34-32-29-26-23-20-17-14-11-8-5-2/h8,11,17,20,26-27,29-30,34,37,70H,4-7,9-10,12-16,18-19,21-25,28,31-33,35-36,38-69H2,1-3H3/b11-8-,20-17-,29-26-,30-27-,37-34-. The fourth-order valence-electron chi connectivity index (χ4n) is 10.3. The maximum atomic E-state index is 13.0. The lowest BCUT2D eigenvalue weighted by Crippen LogP contribution is -2.30. The van der Waals surface area contributed by atoms with Crippen LogP contribution in [-0.2, 0) is 28.6 Å². The smallest absolute Gasteiger partial charge is 0.306 e. The van der Waals surface area contributed by atoms with Crippen LogP contribution < -0.4 is 0 Å². The summed E-state index contributed by atoms with van der Waals surface area (Å²) in [6, 6.07) is 0. The van der Waals surface area contributed by atoms with Crippen molar-refractivity contribution in [1.29, 1.82) is 0 Å².